The lowest BCUT2D eigenvalue weighted by molar-refractivity contribution is -0.140. The Morgan fingerprint density at radius 3 is 2.33 bits per heavy atom. The summed E-state index contributed by atoms with van der Waals surface area (Å²) < 4.78 is 13.2. The molecule has 3 nitrogen and oxygen atoms in total. The third-order valence-corrected chi connectivity index (χ3v) is 9.28. The van der Waals surface area contributed by atoms with E-state index < -0.39 is 8.32 Å². The number of halogens is 1. The first kappa shape index (κ1) is 23.6. The molecule has 0 aliphatic rings. The molecule has 138 valence electrons. The topological polar surface area (TPSA) is 35.5 Å². The van der Waals surface area contributed by atoms with Crippen LogP contribution in [0.3, 0.4) is 0 Å². The van der Waals surface area contributed by atoms with Crippen LogP contribution in [0.2, 0.25) is 18.1 Å². The standard InChI is InChI=1S/C19H33IO3Si/c1-16(12-13-18(21)22-5)15-17(11-9-8-10-14-20)23-24(6,7)19(2,3)4/h8-10,14-15,17H,11-13H2,1-7H3/b9-8+,14-10+,16-15+/t17-/m0/s1. The Balaban J connectivity index is 5.07. The van der Waals surface area contributed by atoms with E-state index in [0.29, 0.717) is 12.8 Å². The number of ether oxygens (including phenoxy) is 1. The Morgan fingerprint density at radius 2 is 1.83 bits per heavy atom. The van der Waals surface area contributed by atoms with Gasteiger partial charge in [0.2, 0.25) is 0 Å². The van der Waals surface area contributed by atoms with Gasteiger partial charge in [0.05, 0.1) is 13.2 Å². The van der Waals surface area contributed by atoms with Crippen LogP contribution in [0.25, 0.3) is 0 Å². The van der Waals surface area contributed by atoms with Crippen molar-refractivity contribution in [1.29, 1.82) is 0 Å². The number of methoxy groups -OCH3 is 1. The Hall–Kier alpha value is -0.403. The molecule has 0 aromatic rings. The molecule has 1 atom stereocenters. The van der Waals surface area contributed by atoms with Gasteiger partial charge in [0, 0.05) is 6.42 Å². The van der Waals surface area contributed by atoms with Crippen LogP contribution in [0, 0.1) is 0 Å². The van der Waals surface area contributed by atoms with Crippen molar-refractivity contribution in [3.05, 3.63) is 34.0 Å². The van der Waals surface area contributed by atoms with Crippen molar-refractivity contribution in [1.82, 2.24) is 0 Å². The van der Waals surface area contributed by atoms with E-state index in [2.05, 4.69) is 75.5 Å². The summed E-state index contributed by atoms with van der Waals surface area (Å²) in [5, 5.41) is 0.171. The van der Waals surface area contributed by atoms with Gasteiger partial charge >= 0.3 is 5.97 Å². The molecule has 5 heteroatoms. The number of allylic oxidation sites excluding steroid dienone is 3. The van der Waals surface area contributed by atoms with Crippen molar-refractivity contribution in [2.75, 3.05) is 7.11 Å². The number of esters is 1. The van der Waals surface area contributed by atoms with E-state index in [4.69, 9.17) is 9.16 Å². The minimum atomic E-state index is -1.84. The van der Waals surface area contributed by atoms with Gasteiger partial charge in [-0.25, -0.2) is 0 Å². The third kappa shape index (κ3) is 9.79. The Labute approximate surface area is 162 Å². The predicted octanol–water partition coefficient (Wildman–Crippen LogP) is 6.17. The summed E-state index contributed by atoms with van der Waals surface area (Å²) in [5.41, 5.74) is 1.17. The van der Waals surface area contributed by atoms with Crippen molar-refractivity contribution < 1.29 is 14.0 Å². The maximum absolute atomic E-state index is 11.3. The van der Waals surface area contributed by atoms with Crippen molar-refractivity contribution in [3.8, 4) is 0 Å². The molecule has 0 rings (SSSR count). The zero-order valence-electron chi connectivity index (χ0n) is 16.2. The van der Waals surface area contributed by atoms with E-state index in [0.717, 1.165) is 6.42 Å². The molecule has 0 spiro atoms. The molecule has 0 saturated heterocycles. The first-order valence-electron chi connectivity index (χ1n) is 8.37. The summed E-state index contributed by atoms with van der Waals surface area (Å²) in [6.07, 6.45) is 10.4. The van der Waals surface area contributed by atoms with E-state index in [9.17, 15) is 4.79 Å². The Bertz CT molecular complexity index is 473. The minimum absolute atomic E-state index is 0.0439. The number of hydrogen-bond acceptors (Lipinski definition) is 3. The minimum Gasteiger partial charge on any atom is -0.469 e. The highest BCUT2D eigenvalue weighted by molar-refractivity contribution is 14.1. The van der Waals surface area contributed by atoms with Gasteiger partial charge in [0.1, 0.15) is 0 Å². The zero-order chi connectivity index (χ0) is 18.8. The van der Waals surface area contributed by atoms with Gasteiger partial charge in [-0.3, -0.25) is 4.79 Å². The van der Waals surface area contributed by atoms with Gasteiger partial charge in [-0.1, -0.05) is 73.2 Å². The molecule has 0 N–H and O–H groups in total. The second kappa shape index (κ2) is 11.3. The van der Waals surface area contributed by atoms with E-state index in [1.165, 1.54) is 12.7 Å². The molecule has 0 amide bonds. The van der Waals surface area contributed by atoms with Crippen LogP contribution in [0.15, 0.2) is 34.0 Å². The molecular weight excluding hydrogens is 431 g/mol. The summed E-state index contributed by atoms with van der Waals surface area (Å²) in [4.78, 5) is 11.3. The monoisotopic (exact) mass is 464 g/mol. The van der Waals surface area contributed by atoms with Crippen molar-refractivity contribution in [3.63, 3.8) is 0 Å². The van der Waals surface area contributed by atoms with E-state index in [-0.39, 0.29) is 17.1 Å². The SMILES string of the molecule is COC(=O)CC/C(C)=C/[C@H](C/C=C/C=C/I)O[Si](C)(C)C(C)(C)C. The molecule has 0 saturated carbocycles. The average Bonchev–Trinajstić information content (AvgIpc) is 2.47. The smallest absolute Gasteiger partial charge is 0.305 e. The first-order chi connectivity index (χ1) is 11.0. The molecule has 0 aromatic heterocycles. The second-order valence-corrected chi connectivity index (χ2v) is 13.0. The molecular formula is C19H33IO3Si. The average molecular weight is 464 g/mol. The van der Waals surface area contributed by atoms with Crippen LogP contribution in [-0.4, -0.2) is 27.5 Å². The largest absolute Gasteiger partial charge is 0.469 e. The van der Waals surface area contributed by atoms with Crippen molar-refractivity contribution in [2.24, 2.45) is 0 Å². The first-order valence-corrected chi connectivity index (χ1v) is 12.5. The van der Waals surface area contributed by atoms with Crippen molar-refractivity contribution in [2.45, 2.75) is 71.2 Å². The van der Waals surface area contributed by atoms with Gasteiger partial charge in [-0.2, -0.15) is 0 Å². The molecule has 0 heterocycles. The van der Waals surface area contributed by atoms with E-state index in [1.54, 1.807) is 0 Å². The highest BCUT2D eigenvalue weighted by Gasteiger charge is 2.38. The second-order valence-electron chi connectivity index (χ2n) is 7.49. The molecule has 0 radical (unpaired) electrons. The lowest BCUT2D eigenvalue weighted by Gasteiger charge is -2.38. The summed E-state index contributed by atoms with van der Waals surface area (Å²) in [6, 6.07) is 0. The third-order valence-electron chi connectivity index (χ3n) is 4.36. The van der Waals surface area contributed by atoms with Gasteiger partial charge in [0.15, 0.2) is 8.32 Å². The zero-order valence-corrected chi connectivity index (χ0v) is 19.3. The normalized spacial score (nSPS) is 15.2. The summed E-state index contributed by atoms with van der Waals surface area (Å²) >= 11 is 2.21. The molecule has 0 aliphatic heterocycles. The highest BCUT2D eigenvalue weighted by Crippen LogP contribution is 2.38. The Kier molecular flexibility index (Phi) is 11.1. The Morgan fingerprint density at radius 1 is 1.21 bits per heavy atom. The molecule has 0 aliphatic carbocycles. The fourth-order valence-corrected chi connectivity index (χ4v) is 3.36. The van der Waals surface area contributed by atoms with Crippen LogP contribution in [-0.2, 0) is 14.0 Å². The summed E-state index contributed by atoms with van der Waals surface area (Å²) in [6.45, 7) is 13.3. The molecule has 0 fully saturated rings. The van der Waals surface area contributed by atoms with Gasteiger partial charge in [-0.15, -0.1) is 0 Å². The number of carbonyl (C=O) groups is 1. The van der Waals surface area contributed by atoms with Gasteiger partial charge < -0.3 is 9.16 Å². The highest BCUT2D eigenvalue weighted by atomic mass is 127. The van der Waals surface area contributed by atoms with Crippen LogP contribution in [0.1, 0.15) is 47.0 Å². The molecule has 0 bridgehead atoms. The van der Waals surface area contributed by atoms with Crippen molar-refractivity contribution >= 4 is 36.9 Å². The van der Waals surface area contributed by atoms with Crippen LogP contribution in [0.4, 0.5) is 0 Å². The van der Waals surface area contributed by atoms with Gasteiger partial charge in [-0.05, 0) is 42.0 Å². The number of hydrogen-bond donors (Lipinski definition) is 0. The molecule has 24 heavy (non-hydrogen) atoms. The van der Waals surface area contributed by atoms with E-state index >= 15 is 0 Å². The fraction of sp³-hybridized carbons (Fsp3) is 0.632. The maximum atomic E-state index is 11.3. The fourth-order valence-electron chi connectivity index (χ4n) is 1.84. The summed E-state index contributed by atoms with van der Waals surface area (Å²) in [5.74, 6) is -0.170. The number of rotatable bonds is 9. The van der Waals surface area contributed by atoms with Crippen LogP contribution >= 0.6 is 22.6 Å². The molecule has 0 unspecified atom stereocenters. The lowest BCUT2D eigenvalue weighted by Crippen LogP contribution is -2.43. The lowest BCUT2D eigenvalue weighted by atomic mass is 10.1. The quantitative estimate of drug-likeness (QED) is 0.135. The van der Waals surface area contributed by atoms with Crippen LogP contribution < -0.4 is 0 Å². The maximum Gasteiger partial charge on any atom is 0.305 e. The number of carbonyl (C=O) groups excluding carboxylic acids is 1. The molecule has 0 aromatic carbocycles. The predicted molar refractivity (Wildman–Crippen MR) is 114 cm³/mol. The van der Waals surface area contributed by atoms with Crippen LogP contribution in [0.5, 0.6) is 0 Å². The van der Waals surface area contributed by atoms with E-state index in [1.807, 2.05) is 16.2 Å². The summed E-state index contributed by atoms with van der Waals surface area (Å²) in [7, 11) is -0.418. The van der Waals surface area contributed by atoms with Gasteiger partial charge in [0.25, 0.3) is 0 Å².